The molecule has 316 valence electrons. The van der Waals surface area contributed by atoms with Gasteiger partial charge in [0.15, 0.2) is 11.5 Å². The zero-order valence-corrected chi connectivity index (χ0v) is 36.0. The van der Waals surface area contributed by atoms with Crippen LogP contribution in [-0.2, 0) is 28.4 Å². The summed E-state index contributed by atoms with van der Waals surface area (Å²) in [4.78, 5) is 5.45. The van der Waals surface area contributed by atoms with Gasteiger partial charge in [0, 0.05) is 60.0 Å². The van der Waals surface area contributed by atoms with Crippen LogP contribution in [0.4, 0.5) is 0 Å². The fourth-order valence-electron chi connectivity index (χ4n) is 15.9. The first-order chi connectivity index (χ1) is 27.6. The first-order valence-electron chi connectivity index (χ1n) is 23.5. The van der Waals surface area contributed by atoms with Crippen molar-refractivity contribution in [3.05, 3.63) is 52.6 Å². The molecule has 0 unspecified atom stereocenters. The quantitative estimate of drug-likeness (QED) is 0.235. The Morgan fingerprint density at radius 2 is 1.48 bits per heavy atom. The van der Waals surface area contributed by atoms with Crippen molar-refractivity contribution in [1.29, 1.82) is 0 Å². The van der Waals surface area contributed by atoms with Crippen molar-refractivity contribution in [3.8, 4) is 17.2 Å². The molecule has 8 aliphatic carbocycles. The van der Waals surface area contributed by atoms with E-state index in [0.717, 1.165) is 89.1 Å². The molecule has 8 nitrogen and oxygen atoms in total. The summed E-state index contributed by atoms with van der Waals surface area (Å²) in [6.07, 6.45) is 18.1. The molecule has 2 spiro atoms. The van der Waals surface area contributed by atoms with E-state index in [1.165, 1.54) is 73.9 Å². The lowest BCUT2D eigenvalue weighted by Crippen LogP contribution is -2.83. The summed E-state index contributed by atoms with van der Waals surface area (Å²) in [6, 6.07) is 10.6. The molecule has 58 heavy (non-hydrogen) atoms. The highest BCUT2D eigenvalue weighted by Gasteiger charge is 2.82. The monoisotopic (exact) mass is 795 g/mol. The van der Waals surface area contributed by atoms with E-state index in [2.05, 4.69) is 42.7 Å². The Morgan fingerprint density at radius 1 is 0.793 bits per heavy atom. The molecule has 6 bridgehead atoms. The van der Waals surface area contributed by atoms with Gasteiger partial charge in [0.1, 0.15) is 17.5 Å². The van der Waals surface area contributed by atoms with Crippen molar-refractivity contribution in [2.45, 2.75) is 176 Å². The largest absolute Gasteiger partial charge is 0.508 e. The predicted molar refractivity (Wildman–Crippen MR) is 224 cm³/mol. The van der Waals surface area contributed by atoms with Crippen LogP contribution < -0.4 is 4.74 Å². The number of aliphatic hydroxyl groups is 2. The number of hydrogen-bond acceptors (Lipinski definition) is 8. The highest BCUT2D eigenvalue weighted by Crippen LogP contribution is 2.78. The second-order valence-electron chi connectivity index (χ2n) is 22.6. The predicted octanol–water partition coefficient (Wildman–Crippen LogP) is 7.78. The Labute approximate surface area is 346 Å². The summed E-state index contributed by atoms with van der Waals surface area (Å²) in [7, 11) is 1.83. The normalized spacial score (nSPS) is 41.8. The number of benzene rings is 2. The molecule has 2 aromatic rings. The van der Waals surface area contributed by atoms with E-state index in [4.69, 9.17) is 9.47 Å². The number of likely N-dealkylation sites (tertiary alicyclic amines) is 2. The molecule has 0 aromatic heterocycles. The van der Waals surface area contributed by atoms with Gasteiger partial charge in [-0.3, -0.25) is 9.80 Å². The van der Waals surface area contributed by atoms with Gasteiger partial charge in [-0.15, -0.1) is 0 Å². The number of piperidine rings is 2. The summed E-state index contributed by atoms with van der Waals surface area (Å²) in [5.74, 6) is 3.01. The van der Waals surface area contributed by atoms with Crippen molar-refractivity contribution in [3.63, 3.8) is 0 Å². The maximum absolute atomic E-state index is 12.2. The van der Waals surface area contributed by atoms with E-state index in [9.17, 15) is 20.4 Å². The standard InChI is InChI=1S/C29H41NO4.C21H29NO2/c1-25(2,3)26(4,32)20-15-27-10-11-29(20,33-5)24-28(27)12-13-30(16-17-6-7-17)21(27)14-18-8-9-19(31)23(34-24)22(18)28;23-17-7-6-16-12-19-21(24)9-2-1-8-20(21,18(16)13-17)10-11-22(19)14-15-4-3-5-15/h8-9,17,20-21,24,31-32H,6-7,10-16H2,1-5H3;6-7,13,15,19,23-24H,1-5,8-12,14H2/t20-,21-,24-,26+,27-,28+,29-;19-,20+,21-/m11/s1. The molecule has 2 aromatic carbocycles. The average molecular weight is 795 g/mol. The summed E-state index contributed by atoms with van der Waals surface area (Å²) in [5.41, 5.74) is 2.67. The van der Waals surface area contributed by atoms with Crippen LogP contribution in [0.1, 0.15) is 140 Å². The van der Waals surface area contributed by atoms with Crippen LogP contribution >= 0.6 is 0 Å². The summed E-state index contributed by atoms with van der Waals surface area (Å²) >= 11 is 0. The third kappa shape index (κ3) is 4.82. The van der Waals surface area contributed by atoms with E-state index in [-0.39, 0.29) is 45.5 Å². The maximum atomic E-state index is 12.2. The van der Waals surface area contributed by atoms with Gasteiger partial charge in [-0.05, 0) is 156 Å². The van der Waals surface area contributed by atoms with Gasteiger partial charge >= 0.3 is 0 Å². The smallest absolute Gasteiger partial charge is 0.165 e. The van der Waals surface area contributed by atoms with Crippen molar-refractivity contribution < 1.29 is 29.9 Å². The number of aromatic hydroxyl groups is 2. The number of hydrogen-bond donors (Lipinski definition) is 4. The molecule has 8 heteroatoms. The highest BCUT2D eigenvalue weighted by molar-refractivity contribution is 5.63. The lowest BCUT2D eigenvalue weighted by molar-refractivity contribution is -0.312. The Kier molecular flexibility index (Phi) is 8.38. The zero-order valence-electron chi connectivity index (χ0n) is 36.0. The van der Waals surface area contributed by atoms with Gasteiger partial charge in [-0.25, -0.2) is 0 Å². The van der Waals surface area contributed by atoms with Crippen LogP contribution in [-0.4, -0.2) is 98.5 Å². The number of phenolic OH excluding ortho intramolecular Hbond substituents is 2. The fourth-order valence-corrected chi connectivity index (χ4v) is 15.9. The molecule has 13 rings (SSSR count). The maximum Gasteiger partial charge on any atom is 0.165 e. The number of phenols is 2. The minimum atomic E-state index is -0.909. The Bertz CT molecular complexity index is 1990. The molecule has 3 heterocycles. The molecule has 3 aliphatic heterocycles. The second-order valence-corrected chi connectivity index (χ2v) is 22.6. The Morgan fingerprint density at radius 3 is 2.19 bits per heavy atom. The number of methoxy groups -OCH3 is 1. The first kappa shape index (κ1) is 38.6. The van der Waals surface area contributed by atoms with E-state index in [1.54, 1.807) is 0 Å². The van der Waals surface area contributed by atoms with Gasteiger partial charge in [0.05, 0.1) is 11.2 Å². The van der Waals surface area contributed by atoms with E-state index in [0.29, 0.717) is 17.5 Å². The SMILES string of the molecule is CO[C@]12CC[C@@]3(C[C@@H]1[C@](C)(O)C(C)(C)C)[C@H]1Cc4ccc(O)c5c4[C@@]3(CCN1CC1CC1)[C@H]2O5.Oc1ccc2c(c1)[C@@]13CCCC[C@@]1(O)[C@@H](C2)N(CC1CCC1)CC3. The van der Waals surface area contributed by atoms with Crippen LogP contribution in [0.2, 0.25) is 0 Å². The van der Waals surface area contributed by atoms with E-state index >= 15 is 0 Å². The molecule has 11 aliphatic rings. The molecule has 2 saturated heterocycles. The van der Waals surface area contributed by atoms with Crippen molar-refractivity contribution in [1.82, 2.24) is 9.80 Å². The van der Waals surface area contributed by atoms with E-state index < -0.39 is 16.8 Å². The third-order valence-corrected chi connectivity index (χ3v) is 19.7. The van der Waals surface area contributed by atoms with Crippen LogP contribution in [0.25, 0.3) is 0 Å². The molecule has 6 saturated carbocycles. The minimum Gasteiger partial charge on any atom is -0.508 e. The fraction of sp³-hybridized carbons (Fsp3) is 0.760. The van der Waals surface area contributed by atoms with Gasteiger partial charge in [-0.2, -0.15) is 0 Å². The lowest BCUT2D eigenvalue weighted by atomic mass is 9.33. The zero-order chi connectivity index (χ0) is 40.3. The molecule has 0 radical (unpaired) electrons. The molecular weight excluding hydrogens is 725 g/mol. The van der Waals surface area contributed by atoms with Crippen LogP contribution in [0.15, 0.2) is 30.3 Å². The number of nitrogens with zero attached hydrogens (tertiary/aromatic N) is 2. The molecule has 4 N–H and O–H groups in total. The van der Waals surface area contributed by atoms with Crippen molar-refractivity contribution in [2.75, 3.05) is 33.3 Å². The molecule has 10 atom stereocenters. The lowest BCUT2D eigenvalue weighted by Gasteiger charge is -2.75. The van der Waals surface area contributed by atoms with Crippen molar-refractivity contribution >= 4 is 0 Å². The topological polar surface area (TPSA) is 106 Å². The van der Waals surface area contributed by atoms with Crippen LogP contribution in [0.3, 0.4) is 0 Å². The number of rotatable bonds is 6. The second kappa shape index (κ2) is 12.6. The molecule has 8 fully saturated rings. The van der Waals surface area contributed by atoms with Gasteiger partial charge in [0.2, 0.25) is 0 Å². The number of fused-ring (bicyclic) bond motifs is 3. The van der Waals surface area contributed by atoms with Crippen LogP contribution in [0, 0.1) is 28.6 Å². The third-order valence-electron chi connectivity index (χ3n) is 19.7. The Balaban J connectivity index is 0.000000141. The minimum absolute atomic E-state index is 0.0294. The first-order valence-corrected chi connectivity index (χ1v) is 23.5. The van der Waals surface area contributed by atoms with Crippen molar-refractivity contribution in [2.24, 2.45) is 28.6 Å². The average Bonchev–Trinajstić information content (AvgIpc) is 3.92. The van der Waals surface area contributed by atoms with Crippen LogP contribution in [0.5, 0.6) is 17.2 Å². The molecular formula is C50H70N2O6. The molecule has 0 amide bonds. The van der Waals surface area contributed by atoms with Gasteiger partial charge < -0.3 is 29.9 Å². The van der Waals surface area contributed by atoms with Gasteiger partial charge in [0.25, 0.3) is 0 Å². The van der Waals surface area contributed by atoms with E-state index in [1.807, 2.05) is 32.2 Å². The Hall–Kier alpha value is -2.36. The highest BCUT2D eigenvalue weighted by atomic mass is 16.6. The number of ether oxygens (including phenoxy) is 2. The summed E-state index contributed by atoms with van der Waals surface area (Å²) in [5, 5.41) is 45.2. The summed E-state index contributed by atoms with van der Waals surface area (Å²) in [6.45, 7) is 13.1. The van der Waals surface area contributed by atoms with Gasteiger partial charge in [-0.1, -0.05) is 52.2 Å². The summed E-state index contributed by atoms with van der Waals surface area (Å²) < 4.78 is 13.5.